The molecule has 0 unspecified atom stereocenters. The molecule has 216 valence electrons. The summed E-state index contributed by atoms with van der Waals surface area (Å²) < 4.78 is 20.1. The Labute approximate surface area is 240 Å². The lowest BCUT2D eigenvalue weighted by Crippen LogP contribution is -2.04. The minimum atomic E-state index is -0.434. The minimum absolute atomic E-state index is 0.277. The molecule has 0 amide bonds. The highest BCUT2D eigenvalue weighted by molar-refractivity contribution is 5.89. The smallest absolute Gasteiger partial charge is 0.330 e. The van der Waals surface area contributed by atoms with E-state index in [2.05, 4.69) is 0 Å². The van der Waals surface area contributed by atoms with Crippen molar-refractivity contribution in [3.8, 4) is 0 Å². The molecule has 2 rings (SSSR count). The summed E-state index contributed by atoms with van der Waals surface area (Å²) in [5.41, 5.74) is 3.33. The summed E-state index contributed by atoms with van der Waals surface area (Å²) >= 11 is 0. The van der Waals surface area contributed by atoms with Crippen molar-refractivity contribution >= 4 is 48.2 Å². The van der Waals surface area contributed by atoms with Gasteiger partial charge in [-0.25, -0.2) is 19.2 Å². The molecule has 0 saturated carbocycles. The van der Waals surface area contributed by atoms with Crippen LogP contribution in [-0.2, 0) is 38.1 Å². The molecule has 8 nitrogen and oxygen atoms in total. The predicted octanol–water partition coefficient (Wildman–Crippen LogP) is 5.82. The van der Waals surface area contributed by atoms with Gasteiger partial charge < -0.3 is 18.9 Å². The Hall–Kier alpha value is -4.72. The Balaban J connectivity index is 1.57. The van der Waals surface area contributed by atoms with Gasteiger partial charge in [0.05, 0.1) is 26.4 Å². The quantitative estimate of drug-likeness (QED) is 0.109. The lowest BCUT2D eigenvalue weighted by atomic mass is 10.1. The molecular formula is C33H36O8. The lowest BCUT2D eigenvalue weighted by molar-refractivity contribution is -0.138. The topological polar surface area (TPSA) is 105 Å². The Morgan fingerprint density at radius 1 is 0.463 bits per heavy atom. The molecule has 0 bridgehead atoms. The van der Waals surface area contributed by atoms with E-state index in [0.29, 0.717) is 26.1 Å². The zero-order valence-electron chi connectivity index (χ0n) is 23.5. The van der Waals surface area contributed by atoms with Crippen LogP contribution in [0.1, 0.15) is 55.4 Å². The SMILES string of the molecule is CCOC(=O)/C=C/c1ccc(/C=C/C(=O)OCCCCCOC(=O)/C=C/c2ccc(/C=C/C(=O)OCC)cc2)cc1. The molecule has 0 N–H and O–H groups in total. The molecule has 0 spiro atoms. The standard InChI is InChI=1S/C33H36O8/c1-3-38-30(34)20-16-26-8-12-28(13-9-26)18-22-32(36)40-24-6-5-7-25-41-33(37)23-19-29-14-10-27(11-15-29)17-21-31(35)39-4-2/h8-23H,3-7,24-25H2,1-2H3/b20-16+,21-17+,22-18+,23-19+. The van der Waals surface area contributed by atoms with E-state index in [9.17, 15) is 19.2 Å². The van der Waals surface area contributed by atoms with Crippen molar-refractivity contribution in [1.29, 1.82) is 0 Å². The van der Waals surface area contributed by atoms with E-state index in [0.717, 1.165) is 28.7 Å². The van der Waals surface area contributed by atoms with E-state index in [1.54, 1.807) is 38.2 Å². The Kier molecular flexibility index (Phi) is 15.3. The van der Waals surface area contributed by atoms with Crippen LogP contribution in [0.5, 0.6) is 0 Å². The summed E-state index contributed by atoms with van der Waals surface area (Å²) in [6.45, 7) is 4.71. The van der Waals surface area contributed by atoms with Crippen LogP contribution in [0.15, 0.2) is 72.8 Å². The van der Waals surface area contributed by atoms with Crippen LogP contribution >= 0.6 is 0 Å². The van der Waals surface area contributed by atoms with Gasteiger partial charge in [-0.15, -0.1) is 0 Å². The zero-order chi connectivity index (χ0) is 29.7. The fourth-order valence-corrected chi connectivity index (χ4v) is 3.30. The van der Waals surface area contributed by atoms with Gasteiger partial charge in [-0.2, -0.15) is 0 Å². The van der Waals surface area contributed by atoms with Gasteiger partial charge in [0.25, 0.3) is 0 Å². The molecule has 0 aliphatic carbocycles. The monoisotopic (exact) mass is 560 g/mol. The second-order valence-corrected chi connectivity index (χ2v) is 8.57. The minimum Gasteiger partial charge on any atom is -0.463 e. The Morgan fingerprint density at radius 2 is 0.732 bits per heavy atom. The van der Waals surface area contributed by atoms with E-state index in [4.69, 9.17) is 18.9 Å². The summed E-state index contributed by atoms with van der Waals surface area (Å²) in [6, 6.07) is 14.6. The molecule has 0 atom stereocenters. The highest BCUT2D eigenvalue weighted by Gasteiger charge is 2.01. The van der Waals surface area contributed by atoms with Crippen molar-refractivity contribution in [2.75, 3.05) is 26.4 Å². The fourth-order valence-electron chi connectivity index (χ4n) is 3.30. The molecule has 0 aliphatic rings. The van der Waals surface area contributed by atoms with Gasteiger partial charge in [0, 0.05) is 24.3 Å². The van der Waals surface area contributed by atoms with Crippen LogP contribution in [0.25, 0.3) is 24.3 Å². The molecule has 41 heavy (non-hydrogen) atoms. The van der Waals surface area contributed by atoms with Crippen LogP contribution < -0.4 is 0 Å². The maximum Gasteiger partial charge on any atom is 0.330 e. The van der Waals surface area contributed by atoms with Crippen molar-refractivity contribution in [3.63, 3.8) is 0 Å². The molecule has 0 saturated heterocycles. The maximum absolute atomic E-state index is 11.9. The van der Waals surface area contributed by atoms with Gasteiger partial charge in [-0.3, -0.25) is 0 Å². The number of carbonyl (C=O) groups excluding carboxylic acids is 4. The summed E-state index contributed by atoms with van der Waals surface area (Å²) in [4.78, 5) is 46.6. The fraction of sp³-hybridized carbons (Fsp3) is 0.273. The Morgan fingerprint density at radius 3 is 1.00 bits per heavy atom. The zero-order valence-corrected chi connectivity index (χ0v) is 23.5. The molecular weight excluding hydrogens is 524 g/mol. The van der Waals surface area contributed by atoms with Gasteiger partial charge in [0.2, 0.25) is 0 Å². The van der Waals surface area contributed by atoms with E-state index in [1.807, 2.05) is 48.5 Å². The number of hydrogen-bond donors (Lipinski definition) is 0. The Bertz CT molecular complexity index is 1140. The summed E-state index contributed by atoms with van der Waals surface area (Å²) in [5, 5.41) is 0. The first-order valence-corrected chi connectivity index (χ1v) is 13.5. The third-order valence-electron chi connectivity index (χ3n) is 5.37. The van der Waals surface area contributed by atoms with Crippen molar-refractivity contribution in [1.82, 2.24) is 0 Å². The van der Waals surface area contributed by atoms with Gasteiger partial charge in [0.1, 0.15) is 0 Å². The number of benzene rings is 2. The summed E-state index contributed by atoms with van der Waals surface area (Å²) in [6.07, 6.45) is 14.2. The number of carbonyl (C=O) groups is 4. The number of unbranched alkanes of at least 4 members (excludes halogenated alkanes) is 2. The average Bonchev–Trinajstić information content (AvgIpc) is 2.97. The average molecular weight is 561 g/mol. The second-order valence-electron chi connectivity index (χ2n) is 8.57. The number of hydrogen-bond acceptors (Lipinski definition) is 8. The number of esters is 4. The normalized spacial score (nSPS) is 11.4. The van der Waals surface area contributed by atoms with Crippen molar-refractivity contribution < 1.29 is 38.1 Å². The van der Waals surface area contributed by atoms with Gasteiger partial charge in [-0.05, 0) is 79.7 Å². The third kappa shape index (κ3) is 14.9. The number of rotatable bonds is 16. The van der Waals surface area contributed by atoms with Crippen molar-refractivity contribution in [3.05, 3.63) is 95.1 Å². The maximum atomic E-state index is 11.9. The van der Waals surface area contributed by atoms with Crippen molar-refractivity contribution in [2.24, 2.45) is 0 Å². The second kappa shape index (κ2) is 19.4. The van der Waals surface area contributed by atoms with Gasteiger partial charge in [0.15, 0.2) is 0 Å². The first kappa shape index (κ1) is 32.5. The lowest BCUT2D eigenvalue weighted by Gasteiger charge is -2.03. The molecule has 0 heterocycles. The van der Waals surface area contributed by atoms with E-state index in [1.165, 1.54) is 24.3 Å². The highest BCUT2D eigenvalue weighted by Crippen LogP contribution is 2.10. The molecule has 2 aromatic rings. The number of ether oxygens (including phenoxy) is 4. The van der Waals surface area contributed by atoms with Gasteiger partial charge in [-0.1, -0.05) is 48.5 Å². The van der Waals surface area contributed by atoms with Crippen LogP contribution in [0, 0.1) is 0 Å². The molecule has 0 fully saturated rings. The van der Waals surface area contributed by atoms with Crippen LogP contribution in [0.2, 0.25) is 0 Å². The first-order valence-electron chi connectivity index (χ1n) is 13.5. The highest BCUT2D eigenvalue weighted by atomic mass is 16.5. The first-order chi connectivity index (χ1) is 19.9. The molecule has 0 aromatic heterocycles. The van der Waals surface area contributed by atoms with Crippen LogP contribution in [-0.4, -0.2) is 50.3 Å². The molecule has 2 aromatic carbocycles. The summed E-state index contributed by atoms with van der Waals surface area (Å²) in [5.74, 6) is -1.65. The molecule has 0 aliphatic heterocycles. The van der Waals surface area contributed by atoms with Crippen LogP contribution in [0.4, 0.5) is 0 Å². The predicted molar refractivity (Wildman–Crippen MR) is 158 cm³/mol. The third-order valence-corrected chi connectivity index (χ3v) is 5.37. The van der Waals surface area contributed by atoms with E-state index >= 15 is 0 Å². The molecule has 0 radical (unpaired) electrons. The van der Waals surface area contributed by atoms with E-state index in [-0.39, 0.29) is 13.2 Å². The van der Waals surface area contributed by atoms with Crippen LogP contribution in [0.3, 0.4) is 0 Å². The van der Waals surface area contributed by atoms with Gasteiger partial charge >= 0.3 is 23.9 Å². The largest absolute Gasteiger partial charge is 0.463 e. The van der Waals surface area contributed by atoms with Crippen molar-refractivity contribution in [2.45, 2.75) is 33.1 Å². The molecule has 8 heteroatoms. The van der Waals surface area contributed by atoms with E-state index < -0.39 is 23.9 Å². The summed E-state index contributed by atoms with van der Waals surface area (Å²) in [7, 11) is 0.